The van der Waals surface area contributed by atoms with Gasteiger partial charge in [-0.1, -0.05) is 0 Å². The summed E-state index contributed by atoms with van der Waals surface area (Å²) >= 11 is 0. The van der Waals surface area contributed by atoms with Crippen LogP contribution in [0.1, 0.15) is 33.6 Å². The molecule has 0 spiro atoms. The second-order valence-corrected chi connectivity index (χ2v) is 5.30. The molecule has 1 saturated heterocycles. The minimum Gasteiger partial charge on any atom is -0.460 e. The normalized spacial score (nSPS) is 19.3. The molecule has 1 fully saturated rings. The molecule has 0 aromatic heterocycles. The third-order valence-electron chi connectivity index (χ3n) is 2.27. The Bertz CT molecular complexity index is 394. The Kier molecular flexibility index (Phi) is 5.09. The van der Waals surface area contributed by atoms with Gasteiger partial charge in [0.1, 0.15) is 12.2 Å². The average Bonchev–Trinajstić information content (AvgIpc) is 2.67. The maximum Gasteiger partial charge on any atom is 0.331 e. The van der Waals surface area contributed by atoms with E-state index in [-0.39, 0.29) is 18.6 Å². The highest BCUT2D eigenvalue weighted by Crippen LogP contribution is 2.08. The standard InChI is InChI=1S/C13H19NO5/c1-13(2,3)19-12(17)7-6-11(16)18-8-9-4-5-10(15)14-9/h6-7,9H,4-5,8H2,1-3H3,(H,14,15)/b7-6+. The quantitative estimate of drug-likeness (QED) is 0.600. The van der Waals surface area contributed by atoms with Gasteiger partial charge in [0, 0.05) is 18.6 Å². The molecule has 0 radical (unpaired) electrons. The number of esters is 2. The van der Waals surface area contributed by atoms with Crippen LogP contribution in [-0.2, 0) is 23.9 Å². The number of ether oxygens (including phenoxy) is 2. The van der Waals surface area contributed by atoms with E-state index in [0.29, 0.717) is 12.8 Å². The first-order chi connectivity index (χ1) is 8.76. The van der Waals surface area contributed by atoms with E-state index in [9.17, 15) is 14.4 Å². The Labute approximate surface area is 112 Å². The summed E-state index contributed by atoms with van der Waals surface area (Å²) in [6.07, 6.45) is 3.16. The fourth-order valence-corrected chi connectivity index (χ4v) is 1.51. The lowest BCUT2D eigenvalue weighted by Crippen LogP contribution is -2.30. The lowest BCUT2D eigenvalue weighted by molar-refractivity contribution is -0.149. The number of hydrogen-bond acceptors (Lipinski definition) is 5. The van der Waals surface area contributed by atoms with Crippen LogP contribution in [0, 0.1) is 0 Å². The fraction of sp³-hybridized carbons (Fsp3) is 0.615. The van der Waals surface area contributed by atoms with Crippen molar-refractivity contribution in [3.05, 3.63) is 12.2 Å². The summed E-state index contributed by atoms with van der Waals surface area (Å²) in [6.45, 7) is 5.32. The third kappa shape index (κ3) is 6.59. The van der Waals surface area contributed by atoms with Crippen molar-refractivity contribution in [2.45, 2.75) is 45.3 Å². The number of carbonyl (C=O) groups excluding carboxylic acids is 3. The molecule has 1 N–H and O–H groups in total. The Balaban J connectivity index is 2.27. The van der Waals surface area contributed by atoms with E-state index in [1.54, 1.807) is 20.8 Å². The van der Waals surface area contributed by atoms with Crippen LogP contribution in [0.4, 0.5) is 0 Å². The van der Waals surface area contributed by atoms with Gasteiger partial charge >= 0.3 is 11.9 Å². The van der Waals surface area contributed by atoms with Crippen molar-refractivity contribution in [1.82, 2.24) is 5.32 Å². The maximum absolute atomic E-state index is 11.3. The van der Waals surface area contributed by atoms with Crippen molar-refractivity contribution in [3.63, 3.8) is 0 Å². The molecule has 0 aromatic rings. The smallest absolute Gasteiger partial charge is 0.331 e. The van der Waals surface area contributed by atoms with Gasteiger partial charge in [0.25, 0.3) is 0 Å². The lowest BCUT2D eigenvalue weighted by Gasteiger charge is -2.17. The SMILES string of the molecule is CC(C)(C)OC(=O)/C=C/C(=O)OCC1CCC(=O)N1. The van der Waals surface area contributed by atoms with Crippen molar-refractivity contribution in [3.8, 4) is 0 Å². The number of hydrogen-bond donors (Lipinski definition) is 1. The fourth-order valence-electron chi connectivity index (χ4n) is 1.51. The van der Waals surface area contributed by atoms with Crippen molar-refractivity contribution >= 4 is 17.8 Å². The van der Waals surface area contributed by atoms with E-state index in [2.05, 4.69) is 5.32 Å². The molecule has 6 heteroatoms. The Hall–Kier alpha value is -1.85. The van der Waals surface area contributed by atoms with Gasteiger partial charge in [0.15, 0.2) is 0 Å². The molecule has 1 unspecified atom stereocenters. The van der Waals surface area contributed by atoms with E-state index in [0.717, 1.165) is 12.2 Å². The van der Waals surface area contributed by atoms with E-state index < -0.39 is 17.5 Å². The molecule has 1 amide bonds. The van der Waals surface area contributed by atoms with Gasteiger partial charge in [-0.05, 0) is 27.2 Å². The summed E-state index contributed by atoms with van der Waals surface area (Å²) in [5.74, 6) is -1.27. The molecule has 0 aromatic carbocycles. The second kappa shape index (κ2) is 6.36. The first-order valence-corrected chi connectivity index (χ1v) is 6.13. The summed E-state index contributed by atoms with van der Waals surface area (Å²) in [5.41, 5.74) is -0.598. The molecule has 0 aliphatic carbocycles. The Morgan fingerprint density at radius 2 is 1.95 bits per heavy atom. The Morgan fingerprint density at radius 1 is 1.32 bits per heavy atom. The van der Waals surface area contributed by atoms with Gasteiger partial charge in [-0.2, -0.15) is 0 Å². The number of nitrogens with one attached hydrogen (secondary N) is 1. The summed E-state index contributed by atoms with van der Waals surface area (Å²) in [7, 11) is 0. The Morgan fingerprint density at radius 3 is 2.47 bits per heavy atom. The van der Waals surface area contributed by atoms with Gasteiger partial charge < -0.3 is 14.8 Å². The molecular formula is C13H19NO5. The molecule has 19 heavy (non-hydrogen) atoms. The highest BCUT2D eigenvalue weighted by atomic mass is 16.6. The molecule has 1 aliphatic rings. The molecule has 6 nitrogen and oxygen atoms in total. The molecule has 1 heterocycles. The molecule has 1 rings (SSSR count). The third-order valence-corrected chi connectivity index (χ3v) is 2.27. The number of rotatable bonds is 4. The summed E-state index contributed by atoms with van der Waals surface area (Å²) in [5, 5.41) is 2.67. The van der Waals surface area contributed by atoms with Crippen LogP contribution in [-0.4, -0.2) is 36.1 Å². The molecule has 106 valence electrons. The monoisotopic (exact) mass is 269 g/mol. The zero-order chi connectivity index (χ0) is 14.5. The molecular weight excluding hydrogens is 250 g/mol. The minimum absolute atomic E-state index is 0.0367. The summed E-state index contributed by atoms with van der Waals surface area (Å²) in [6, 6.07) is -0.133. The van der Waals surface area contributed by atoms with E-state index in [1.165, 1.54) is 0 Å². The minimum atomic E-state index is -0.632. The van der Waals surface area contributed by atoms with Crippen LogP contribution in [0.3, 0.4) is 0 Å². The van der Waals surface area contributed by atoms with Crippen molar-refractivity contribution in [2.75, 3.05) is 6.61 Å². The van der Waals surface area contributed by atoms with Crippen LogP contribution < -0.4 is 5.32 Å². The number of amides is 1. The van der Waals surface area contributed by atoms with Crippen LogP contribution in [0.25, 0.3) is 0 Å². The van der Waals surface area contributed by atoms with Crippen LogP contribution >= 0.6 is 0 Å². The zero-order valence-corrected chi connectivity index (χ0v) is 11.4. The van der Waals surface area contributed by atoms with E-state index in [1.807, 2.05) is 0 Å². The highest BCUT2D eigenvalue weighted by molar-refractivity contribution is 5.91. The van der Waals surface area contributed by atoms with Gasteiger partial charge in [-0.25, -0.2) is 9.59 Å². The first kappa shape index (κ1) is 15.2. The van der Waals surface area contributed by atoms with Crippen LogP contribution in [0.15, 0.2) is 12.2 Å². The van der Waals surface area contributed by atoms with Crippen molar-refractivity contribution in [2.24, 2.45) is 0 Å². The van der Waals surface area contributed by atoms with Crippen molar-refractivity contribution in [1.29, 1.82) is 0 Å². The second-order valence-electron chi connectivity index (χ2n) is 5.30. The first-order valence-electron chi connectivity index (χ1n) is 6.13. The van der Waals surface area contributed by atoms with Crippen LogP contribution in [0.5, 0.6) is 0 Å². The van der Waals surface area contributed by atoms with E-state index >= 15 is 0 Å². The zero-order valence-electron chi connectivity index (χ0n) is 11.4. The maximum atomic E-state index is 11.3. The average molecular weight is 269 g/mol. The number of carbonyl (C=O) groups is 3. The van der Waals surface area contributed by atoms with Crippen LogP contribution in [0.2, 0.25) is 0 Å². The summed E-state index contributed by atoms with van der Waals surface area (Å²) in [4.78, 5) is 33.5. The van der Waals surface area contributed by atoms with Crippen molar-refractivity contribution < 1.29 is 23.9 Å². The van der Waals surface area contributed by atoms with Gasteiger partial charge in [0.05, 0.1) is 6.04 Å². The topological polar surface area (TPSA) is 81.7 Å². The lowest BCUT2D eigenvalue weighted by atomic mass is 10.2. The van der Waals surface area contributed by atoms with Gasteiger partial charge in [-0.15, -0.1) is 0 Å². The van der Waals surface area contributed by atoms with Gasteiger partial charge in [-0.3, -0.25) is 4.79 Å². The largest absolute Gasteiger partial charge is 0.460 e. The molecule has 0 saturated carbocycles. The van der Waals surface area contributed by atoms with E-state index in [4.69, 9.17) is 9.47 Å². The molecule has 0 bridgehead atoms. The predicted molar refractivity (Wildman–Crippen MR) is 67.1 cm³/mol. The summed E-state index contributed by atoms with van der Waals surface area (Å²) < 4.78 is 9.90. The molecule has 1 atom stereocenters. The highest BCUT2D eigenvalue weighted by Gasteiger charge is 2.21. The predicted octanol–water partition coefficient (Wildman–Crippen LogP) is 0.706. The molecule has 1 aliphatic heterocycles. The van der Waals surface area contributed by atoms with Gasteiger partial charge in [0.2, 0.25) is 5.91 Å².